The zero-order valence-electron chi connectivity index (χ0n) is 9.62. The van der Waals surface area contributed by atoms with Gasteiger partial charge in [-0.25, -0.2) is 0 Å². The third-order valence-electron chi connectivity index (χ3n) is 3.06. The molecule has 1 N–H and O–H groups in total. The lowest BCUT2D eigenvalue weighted by Crippen LogP contribution is -2.00. The smallest absolute Gasteiger partial charge is 0.202 e. The number of fused-ring (bicyclic) bond motifs is 1. The highest BCUT2D eigenvalue weighted by molar-refractivity contribution is 7.14. The van der Waals surface area contributed by atoms with Crippen LogP contribution in [0.4, 0.5) is 0 Å². The molecule has 86 valence electrons. The molecule has 0 radical (unpaired) electrons. The third-order valence-corrected chi connectivity index (χ3v) is 4.06. The molecule has 0 unspecified atom stereocenters. The molecule has 0 spiro atoms. The number of aryl methyl sites for hydroxylation is 1. The topological polar surface area (TPSA) is 29.1 Å². The molecule has 0 amide bonds. The molecular formula is C14H13NOS. The minimum Gasteiger partial charge on any atom is -0.309 e. The summed E-state index contributed by atoms with van der Waals surface area (Å²) in [5.41, 5.74) is 3.36. The Kier molecular flexibility index (Phi) is 2.57. The summed E-state index contributed by atoms with van der Waals surface area (Å²) in [4.78, 5) is 14.3. The fourth-order valence-electron chi connectivity index (χ4n) is 2.13. The fraction of sp³-hybridized carbons (Fsp3) is 0.214. The Labute approximate surface area is 104 Å². The van der Waals surface area contributed by atoms with Crippen LogP contribution in [0, 0.1) is 6.92 Å². The largest absolute Gasteiger partial charge is 0.309 e. The van der Waals surface area contributed by atoms with Crippen LogP contribution in [0.2, 0.25) is 0 Å². The van der Waals surface area contributed by atoms with Gasteiger partial charge in [-0.2, -0.15) is 0 Å². The highest BCUT2D eigenvalue weighted by Gasteiger charge is 2.15. The number of hydrogen-bond donors (Lipinski definition) is 1. The molecule has 17 heavy (non-hydrogen) atoms. The summed E-state index contributed by atoms with van der Waals surface area (Å²) < 4.78 is 0. The van der Waals surface area contributed by atoms with Gasteiger partial charge in [-0.3, -0.25) is 4.79 Å². The van der Waals surface area contributed by atoms with Crippen molar-refractivity contribution in [1.82, 2.24) is 5.32 Å². The van der Waals surface area contributed by atoms with Crippen molar-refractivity contribution in [1.29, 1.82) is 0 Å². The molecule has 2 heterocycles. The number of rotatable bonds is 2. The summed E-state index contributed by atoms with van der Waals surface area (Å²) in [6.45, 7) is 3.82. The molecule has 0 fully saturated rings. The van der Waals surface area contributed by atoms with Crippen LogP contribution in [-0.4, -0.2) is 5.78 Å². The van der Waals surface area contributed by atoms with E-state index in [0.29, 0.717) is 0 Å². The van der Waals surface area contributed by atoms with Crippen molar-refractivity contribution in [2.45, 2.75) is 20.0 Å². The standard InChI is InChI=1S/C14H13NOS/c1-9-2-5-13(17-9)14(16)10-3-4-11-7-15-8-12(11)6-10/h2-6,15H,7-8H2,1H3. The molecule has 1 aliphatic heterocycles. The Morgan fingerprint density at radius 3 is 2.76 bits per heavy atom. The Balaban J connectivity index is 1.97. The molecule has 0 saturated carbocycles. The first-order chi connectivity index (χ1) is 8.24. The molecule has 0 atom stereocenters. The van der Waals surface area contributed by atoms with Crippen molar-refractivity contribution < 1.29 is 4.79 Å². The molecule has 1 aliphatic rings. The Morgan fingerprint density at radius 1 is 1.18 bits per heavy atom. The summed E-state index contributed by atoms with van der Waals surface area (Å²) >= 11 is 1.56. The van der Waals surface area contributed by atoms with E-state index in [2.05, 4.69) is 11.4 Å². The average molecular weight is 243 g/mol. The quantitative estimate of drug-likeness (QED) is 0.822. The van der Waals surface area contributed by atoms with Gasteiger partial charge in [0.25, 0.3) is 0 Å². The predicted octanol–water partition coefficient (Wildman–Crippen LogP) is 2.89. The van der Waals surface area contributed by atoms with E-state index in [9.17, 15) is 4.79 Å². The Morgan fingerprint density at radius 2 is 2.00 bits per heavy atom. The van der Waals surface area contributed by atoms with Gasteiger partial charge in [0.15, 0.2) is 0 Å². The van der Waals surface area contributed by atoms with Crippen LogP contribution in [0.15, 0.2) is 30.3 Å². The number of benzene rings is 1. The lowest BCUT2D eigenvalue weighted by Gasteiger charge is -2.02. The molecule has 2 nitrogen and oxygen atoms in total. The summed E-state index contributed by atoms with van der Waals surface area (Å²) in [6.07, 6.45) is 0. The normalized spacial score (nSPS) is 13.7. The van der Waals surface area contributed by atoms with E-state index in [-0.39, 0.29) is 5.78 Å². The summed E-state index contributed by atoms with van der Waals surface area (Å²) in [5.74, 6) is 0.137. The van der Waals surface area contributed by atoms with Crippen molar-refractivity contribution >= 4 is 17.1 Å². The monoisotopic (exact) mass is 243 g/mol. The molecule has 0 bridgehead atoms. The Hall–Kier alpha value is -1.45. The SMILES string of the molecule is Cc1ccc(C(=O)c2ccc3c(c2)CNC3)s1. The minimum atomic E-state index is 0.137. The van der Waals surface area contributed by atoms with Gasteiger partial charge in [0.05, 0.1) is 4.88 Å². The molecule has 1 aromatic heterocycles. The maximum atomic E-state index is 12.2. The second-order valence-corrected chi connectivity index (χ2v) is 5.61. The van der Waals surface area contributed by atoms with Gasteiger partial charge in [0.2, 0.25) is 5.78 Å². The molecule has 1 aromatic carbocycles. The maximum absolute atomic E-state index is 12.2. The van der Waals surface area contributed by atoms with Gasteiger partial charge >= 0.3 is 0 Å². The number of carbonyl (C=O) groups is 1. The lowest BCUT2D eigenvalue weighted by atomic mass is 10.0. The first-order valence-corrected chi connectivity index (χ1v) is 6.49. The number of hydrogen-bond acceptors (Lipinski definition) is 3. The van der Waals surface area contributed by atoms with Gasteiger partial charge in [0.1, 0.15) is 0 Å². The Bertz CT molecular complexity index is 586. The van der Waals surface area contributed by atoms with Gasteiger partial charge in [-0.05, 0) is 36.2 Å². The van der Waals surface area contributed by atoms with Gasteiger partial charge in [-0.15, -0.1) is 11.3 Å². The predicted molar refractivity (Wildman–Crippen MR) is 69.5 cm³/mol. The number of ketones is 1. The van der Waals surface area contributed by atoms with Crippen LogP contribution in [0.1, 0.15) is 31.2 Å². The zero-order chi connectivity index (χ0) is 11.8. The molecule has 3 rings (SSSR count). The van der Waals surface area contributed by atoms with Gasteiger partial charge < -0.3 is 5.32 Å². The van der Waals surface area contributed by atoms with E-state index in [1.807, 2.05) is 31.2 Å². The highest BCUT2D eigenvalue weighted by atomic mass is 32.1. The molecule has 0 aliphatic carbocycles. The first kappa shape index (κ1) is 10.7. The van der Waals surface area contributed by atoms with Crippen LogP contribution in [-0.2, 0) is 13.1 Å². The molecule has 3 heteroatoms. The van der Waals surface area contributed by atoms with Crippen molar-refractivity contribution in [2.24, 2.45) is 0 Å². The van der Waals surface area contributed by atoms with Crippen LogP contribution in [0.25, 0.3) is 0 Å². The fourth-order valence-corrected chi connectivity index (χ4v) is 2.96. The average Bonchev–Trinajstić information content (AvgIpc) is 2.95. The summed E-state index contributed by atoms with van der Waals surface area (Å²) in [7, 11) is 0. The maximum Gasteiger partial charge on any atom is 0.202 e. The van der Waals surface area contributed by atoms with Gasteiger partial charge in [0, 0.05) is 23.5 Å². The molecular weight excluding hydrogens is 230 g/mol. The first-order valence-electron chi connectivity index (χ1n) is 5.68. The number of thiophene rings is 1. The van der Waals surface area contributed by atoms with Crippen LogP contribution >= 0.6 is 11.3 Å². The van der Waals surface area contributed by atoms with Crippen molar-refractivity contribution in [3.8, 4) is 0 Å². The van der Waals surface area contributed by atoms with Crippen LogP contribution in [0.3, 0.4) is 0 Å². The minimum absolute atomic E-state index is 0.137. The second-order valence-electron chi connectivity index (χ2n) is 4.33. The van der Waals surface area contributed by atoms with E-state index in [1.54, 1.807) is 11.3 Å². The second kappa shape index (κ2) is 4.09. The summed E-state index contributed by atoms with van der Waals surface area (Å²) in [6, 6.07) is 9.92. The van der Waals surface area contributed by atoms with E-state index in [1.165, 1.54) is 16.0 Å². The van der Waals surface area contributed by atoms with E-state index in [0.717, 1.165) is 23.5 Å². The molecule has 0 saturated heterocycles. The zero-order valence-corrected chi connectivity index (χ0v) is 10.4. The third kappa shape index (κ3) is 1.92. The van der Waals surface area contributed by atoms with Crippen LogP contribution < -0.4 is 5.32 Å². The summed E-state index contributed by atoms with van der Waals surface area (Å²) in [5, 5.41) is 3.29. The van der Waals surface area contributed by atoms with E-state index < -0.39 is 0 Å². The number of nitrogens with one attached hydrogen (secondary N) is 1. The number of carbonyl (C=O) groups excluding carboxylic acids is 1. The molecule has 2 aromatic rings. The van der Waals surface area contributed by atoms with Crippen LogP contribution in [0.5, 0.6) is 0 Å². The van der Waals surface area contributed by atoms with Crippen molar-refractivity contribution in [3.63, 3.8) is 0 Å². The van der Waals surface area contributed by atoms with Crippen molar-refractivity contribution in [2.75, 3.05) is 0 Å². The van der Waals surface area contributed by atoms with Gasteiger partial charge in [-0.1, -0.05) is 12.1 Å². The van der Waals surface area contributed by atoms with Crippen molar-refractivity contribution in [3.05, 3.63) is 56.8 Å². The van der Waals surface area contributed by atoms with E-state index in [4.69, 9.17) is 0 Å². The lowest BCUT2D eigenvalue weighted by molar-refractivity contribution is 0.104. The van der Waals surface area contributed by atoms with E-state index >= 15 is 0 Å². The highest BCUT2D eigenvalue weighted by Crippen LogP contribution is 2.22.